The molecule has 0 atom stereocenters. The van der Waals surface area contributed by atoms with Crippen molar-refractivity contribution in [2.24, 2.45) is 0 Å². The number of hydrogen-bond acceptors (Lipinski definition) is 9. The molecule has 0 bridgehead atoms. The summed E-state index contributed by atoms with van der Waals surface area (Å²) in [6.45, 7) is 0.0233. The number of ether oxygens (including phenoxy) is 1. The highest BCUT2D eigenvalue weighted by atomic mass is 32.2. The van der Waals surface area contributed by atoms with Crippen LogP contribution in [0.15, 0.2) is 94.2 Å². The summed E-state index contributed by atoms with van der Waals surface area (Å²) >= 11 is 2.24. The fourth-order valence-corrected chi connectivity index (χ4v) is 6.39. The molecule has 9 nitrogen and oxygen atoms in total. The van der Waals surface area contributed by atoms with Gasteiger partial charge in [-0.15, -0.1) is 10.2 Å². The molecule has 4 aromatic rings. The summed E-state index contributed by atoms with van der Waals surface area (Å²) in [7, 11) is -2.72. The van der Waals surface area contributed by atoms with Gasteiger partial charge in [0.05, 0.1) is 35.6 Å². The number of aromatic nitrogens is 2. The number of benzene rings is 3. The van der Waals surface area contributed by atoms with E-state index in [9.17, 15) is 18.0 Å². The van der Waals surface area contributed by atoms with Crippen LogP contribution in [0.1, 0.15) is 15.9 Å². The number of rotatable bonds is 10. The zero-order valence-electron chi connectivity index (χ0n) is 19.6. The third-order valence-corrected chi connectivity index (χ3v) is 8.81. The minimum absolute atomic E-state index is 0.0233. The fourth-order valence-electron chi connectivity index (χ4n) is 3.31. The van der Waals surface area contributed by atoms with Gasteiger partial charge < -0.3 is 4.74 Å². The molecule has 0 unspecified atom stereocenters. The SMILES string of the molecule is COC(=O)CSc1nnc(NC(=O)c2ccccc2N(Cc2ccccc2)S(=O)(=O)c2ccccc2)s1. The quantitative estimate of drug-likeness (QED) is 0.174. The Hall–Kier alpha value is -3.74. The van der Waals surface area contributed by atoms with Crippen molar-refractivity contribution in [3.05, 3.63) is 96.1 Å². The van der Waals surface area contributed by atoms with Gasteiger partial charge in [-0.3, -0.25) is 19.2 Å². The van der Waals surface area contributed by atoms with Crippen molar-refractivity contribution in [1.29, 1.82) is 0 Å². The predicted molar refractivity (Wildman–Crippen MR) is 143 cm³/mol. The van der Waals surface area contributed by atoms with Gasteiger partial charge in [-0.25, -0.2) is 8.42 Å². The van der Waals surface area contributed by atoms with Gasteiger partial charge in [-0.1, -0.05) is 83.8 Å². The Morgan fingerprint density at radius 1 is 0.946 bits per heavy atom. The molecule has 3 aromatic carbocycles. The number of amides is 1. The van der Waals surface area contributed by atoms with Crippen LogP contribution < -0.4 is 9.62 Å². The highest BCUT2D eigenvalue weighted by Gasteiger charge is 2.28. The number of sulfonamides is 1. The third kappa shape index (κ3) is 6.53. The molecule has 190 valence electrons. The summed E-state index contributed by atoms with van der Waals surface area (Å²) in [6.07, 6.45) is 0. The number of anilines is 2. The molecular weight excluding hydrogens is 532 g/mol. The van der Waals surface area contributed by atoms with Crippen molar-refractivity contribution in [3.8, 4) is 0 Å². The maximum atomic E-state index is 13.8. The molecule has 4 rings (SSSR count). The molecule has 0 aliphatic heterocycles. The number of nitrogens with one attached hydrogen (secondary N) is 1. The second-order valence-electron chi connectivity index (χ2n) is 7.52. The summed E-state index contributed by atoms with van der Waals surface area (Å²) in [4.78, 5) is 24.8. The van der Waals surface area contributed by atoms with Gasteiger partial charge in [0.25, 0.3) is 15.9 Å². The lowest BCUT2D eigenvalue weighted by atomic mass is 10.1. The van der Waals surface area contributed by atoms with Gasteiger partial charge in [0.2, 0.25) is 5.13 Å². The Morgan fingerprint density at radius 3 is 2.30 bits per heavy atom. The Balaban J connectivity index is 1.66. The van der Waals surface area contributed by atoms with Gasteiger partial charge in [-0.05, 0) is 29.8 Å². The Kier molecular flexibility index (Phi) is 8.54. The number of carbonyl (C=O) groups is 2. The topological polar surface area (TPSA) is 119 Å². The number of para-hydroxylation sites is 1. The van der Waals surface area contributed by atoms with Crippen LogP contribution in [0.2, 0.25) is 0 Å². The second kappa shape index (κ2) is 12.0. The first-order valence-electron chi connectivity index (χ1n) is 10.9. The number of thioether (sulfide) groups is 1. The zero-order chi connectivity index (χ0) is 26.3. The number of methoxy groups -OCH3 is 1. The standard InChI is InChI=1S/C25H22N4O5S3/c1-34-22(30)17-35-25-28-27-24(36-25)26-23(31)20-14-8-9-15-21(20)29(16-18-10-4-2-5-11-18)37(32,33)19-12-6-3-7-13-19/h2-15H,16-17H2,1H3,(H,26,27,31). The number of hydrogen-bond donors (Lipinski definition) is 1. The van der Waals surface area contributed by atoms with E-state index in [-0.39, 0.29) is 33.6 Å². The maximum Gasteiger partial charge on any atom is 0.316 e. The van der Waals surface area contributed by atoms with Crippen molar-refractivity contribution >= 4 is 55.8 Å². The minimum Gasteiger partial charge on any atom is -0.468 e. The first-order chi connectivity index (χ1) is 17.9. The second-order valence-corrected chi connectivity index (χ2v) is 11.6. The smallest absolute Gasteiger partial charge is 0.316 e. The molecule has 0 radical (unpaired) electrons. The molecule has 0 saturated carbocycles. The van der Waals surface area contributed by atoms with E-state index in [2.05, 4.69) is 20.3 Å². The highest BCUT2D eigenvalue weighted by molar-refractivity contribution is 8.01. The first kappa shape index (κ1) is 26.3. The van der Waals surface area contributed by atoms with Gasteiger partial charge in [0.15, 0.2) is 4.34 Å². The number of nitrogens with zero attached hydrogens (tertiary/aromatic N) is 3. The van der Waals surface area contributed by atoms with Crippen LogP contribution in [0.5, 0.6) is 0 Å². The average molecular weight is 555 g/mol. The maximum absolute atomic E-state index is 13.8. The molecule has 12 heteroatoms. The third-order valence-electron chi connectivity index (χ3n) is 5.09. The van der Waals surface area contributed by atoms with Crippen molar-refractivity contribution in [2.45, 2.75) is 15.8 Å². The van der Waals surface area contributed by atoms with Gasteiger partial charge in [0.1, 0.15) is 0 Å². The molecular formula is C25H22N4O5S3. The summed E-state index contributed by atoms with van der Waals surface area (Å²) in [5.74, 6) is -0.885. The van der Waals surface area contributed by atoms with Crippen molar-refractivity contribution in [3.63, 3.8) is 0 Å². The van der Waals surface area contributed by atoms with Crippen LogP contribution >= 0.6 is 23.1 Å². The normalized spacial score (nSPS) is 11.1. The molecule has 0 fully saturated rings. The van der Waals surface area contributed by atoms with Gasteiger partial charge in [0, 0.05) is 0 Å². The highest BCUT2D eigenvalue weighted by Crippen LogP contribution is 2.31. The Labute approximate surface area is 222 Å². The van der Waals surface area contributed by atoms with E-state index < -0.39 is 21.9 Å². The largest absolute Gasteiger partial charge is 0.468 e. The Morgan fingerprint density at radius 2 is 1.59 bits per heavy atom. The molecule has 1 amide bonds. The Bertz CT molecular complexity index is 1480. The predicted octanol–water partition coefficient (Wildman–Crippen LogP) is 4.45. The van der Waals surface area contributed by atoms with E-state index in [4.69, 9.17) is 0 Å². The van der Waals surface area contributed by atoms with Crippen LogP contribution in [-0.4, -0.2) is 43.4 Å². The molecule has 37 heavy (non-hydrogen) atoms. The summed E-state index contributed by atoms with van der Waals surface area (Å²) < 4.78 is 33.8. The van der Waals surface area contributed by atoms with E-state index in [1.165, 1.54) is 23.5 Å². The van der Waals surface area contributed by atoms with E-state index in [0.29, 0.717) is 4.34 Å². The van der Waals surface area contributed by atoms with Crippen molar-refractivity contribution in [1.82, 2.24) is 10.2 Å². The molecule has 1 heterocycles. The molecule has 0 aliphatic rings. The zero-order valence-corrected chi connectivity index (χ0v) is 22.1. The van der Waals surface area contributed by atoms with E-state index >= 15 is 0 Å². The molecule has 0 aliphatic carbocycles. The average Bonchev–Trinajstić information content (AvgIpc) is 3.38. The lowest BCUT2D eigenvalue weighted by Gasteiger charge is -2.26. The lowest BCUT2D eigenvalue weighted by molar-refractivity contribution is -0.137. The summed E-state index contributed by atoms with van der Waals surface area (Å²) in [5.41, 5.74) is 1.13. The summed E-state index contributed by atoms with van der Waals surface area (Å²) in [5, 5.41) is 10.8. The van der Waals surface area contributed by atoms with E-state index in [1.54, 1.807) is 42.5 Å². The van der Waals surface area contributed by atoms with E-state index in [0.717, 1.165) is 28.7 Å². The van der Waals surface area contributed by atoms with Crippen molar-refractivity contribution < 1.29 is 22.7 Å². The number of esters is 1. The van der Waals surface area contributed by atoms with Crippen LogP contribution in [-0.2, 0) is 26.1 Å². The van der Waals surface area contributed by atoms with Crippen LogP contribution in [0, 0.1) is 0 Å². The number of carbonyl (C=O) groups excluding carboxylic acids is 2. The van der Waals surface area contributed by atoms with Crippen molar-refractivity contribution in [2.75, 3.05) is 22.5 Å². The lowest BCUT2D eigenvalue weighted by Crippen LogP contribution is -2.32. The monoisotopic (exact) mass is 554 g/mol. The van der Waals surface area contributed by atoms with Crippen LogP contribution in [0.25, 0.3) is 0 Å². The molecule has 0 saturated heterocycles. The van der Waals surface area contributed by atoms with Gasteiger partial charge >= 0.3 is 5.97 Å². The molecule has 1 N–H and O–H groups in total. The summed E-state index contributed by atoms with van der Waals surface area (Å²) in [6, 6.07) is 23.7. The fraction of sp³-hybridized carbons (Fsp3) is 0.120. The van der Waals surface area contributed by atoms with Crippen LogP contribution in [0.4, 0.5) is 10.8 Å². The van der Waals surface area contributed by atoms with Crippen LogP contribution in [0.3, 0.4) is 0 Å². The molecule has 1 aromatic heterocycles. The first-order valence-corrected chi connectivity index (χ1v) is 14.2. The molecule has 0 spiro atoms. The van der Waals surface area contributed by atoms with E-state index in [1.807, 2.05) is 30.3 Å². The minimum atomic E-state index is -4.01. The van der Waals surface area contributed by atoms with Gasteiger partial charge in [-0.2, -0.15) is 0 Å².